The molecule has 1 aromatic heterocycles. The molecule has 1 aliphatic rings. The van der Waals surface area contributed by atoms with Gasteiger partial charge in [0.1, 0.15) is 0 Å². The second kappa shape index (κ2) is 7.56. The number of carbonyl (C=O) groups is 1. The van der Waals surface area contributed by atoms with Crippen LogP contribution in [0.5, 0.6) is 0 Å². The lowest BCUT2D eigenvalue weighted by atomic mass is 9.85. The van der Waals surface area contributed by atoms with Crippen molar-refractivity contribution >= 4 is 18.3 Å². The monoisotopic (exact) mass is 286 g/mol. The minimum absolute atomic E-state index is 0. The first kappa shape index (κ1) is 16.1. The second-order valence-corrected chi connectivity index (χ2v) is 5.11. The van der Waals surface area contributed by atoms with E-state index in [1.54, 1.807) is 12.5 Å². The van der Waals surface area contributed by atoms with Crippen molar-refractivity contribution in [2.75, 3.05) is 6.54 Å². The van der Waals surface area contributed by atoms with Gasteiger partial charge in [-0.15, -0.1) is 12.4 Å². The van der Waals surface area contributed by atoms with Crippen LogP contribution in [0.1, 0.15) is 38.2 Å². The molecule has 0 aliphatic heterocycles. The van der Waals surface area contributed by atoms with Crippen molar-refractivity contribution in [1.29, 1.82) is 0 Å². The molecule has 2 unspecified atom stereocenters. The van der Waals surface area contributed by atoms with E-state index in [1.807, 2.05) is 17.9 Å². The fourth-order valence-corrected chi connectivity index (χ4v) is 2.66. The summed E-state index contributed by atoms with van der Waals surface area (Å²) in [5.74, 6) is 0.356. The minimum Gasteiger partial charge on any atom is -0.472 e. The Balaban J connectivity index is 0.00000180. The van der Waals surface area contributed by atoms with Crippen LogP contribution in [0.4, 0.5) is 0 Å². The molecule has 19 heavy (non-hydrogen) atoms. The third-order valence-electron chi connectivity index (χ3n) is 3.71. The highest BCUT2D eigenvalue weighted by molar-refractivity contribution is 5.85. The van der Waals surface area contributed by atoms with Crippen LogP contribution in [0.25, 0.3) is 0 Å². The van der Waals surface area contributed by atoms with Crippen LogP contribution in [0.15, 0.2) is 23.0 Å². The summed E-state index contributed by atoms with van der Waals surface area (Å²) in [7, 11) is 0. The summed E-state index contributed by atoms with van der Waals surface area (Å²) < 4.78 is 5.04. The van der Waals surface area contributed by atoms with E-state index in [-0.39, 0.29) is 30.3 Å². The smallest absolute Gasteiger partial charge is 0.226 e. The minimum atomic E-state index is 0. The lowest BCUT2D eigenvalue weighted by Gasteiger charge is -2.30. The molecule has 4 nitrogen and oxygen atoms in total. The van der Waals surface area contributed by atoms with Gasteiger partial charge in [-0.25, -0.2) is 0 Å². The average Bonchev–Trinajstić information content (AvgIpc) is 2.88. The van der Waals surface area contributed by atoms with E-state index in [9.17, 15) is 4.79 Å². The molecule has 5 heteroatoms. The van der Waals surface area contributed by atoms with Crippen LogP contribution in [0.2, 0.25) is 0 Å². The lowest BCUT2D eigenvalue weighted by molar-refractivity contribution is -0.137. The van der Waals surface area contributed by atoms with Gasteiger partial charge >= 0.3 is 0 Å². The zero-order chi connectivity index (χ0) is 13.0. The van der Waals surface area contributed by atoms with Crippen LogP contribution in [-0.4, -0.2) is 23.4 Å². The maximum atomic E-state index is 12.4. The molecule has 1 heterocycles. The molecular formula is C14H23ClN2O2. The quantitative estimate of drug-likeness (QED) is 0.925. The summed E-state index contributed by atoms with van der Waals surface area (Å²) in [4.78, 5) is 14.3. The molecule has 1 fully saturated rings. The number of rotatable bonds is 4. The van der Waals surface area contributed by atoms with Gasteiger partial charge in [0.05, 0.1) is 12.5 Å². The van der Waals surface area contributed by atoms with Crippen molar-refractivity contribution in [3.05, 3.63) is 24.2 Å². The van der Waals surface area contributed by atoms with Gasteiger partial charge in [-0.05, 0) is 32.3 Å². The summed E-state index contributed by atoms with van der Waals surface area (Å²) in [6.45, 7) is 3.38. The van der Waals surface area contributed by atoms with Gasteiger partial charge in [0, 0.05) is 30.6 Å². The Morgan fingerprint density at radius 3 is 2.89 bits per heavy atom. The Kier molecular flexibility index (Phi) is 6.38. The largest absolute Gasteiger partial charge is 0.472 e. The van der Waals surface area contributed by atoms with E-state index in [4.69, 9.17) is 10.2 Å². The topological polar surface area (TPSA) is 59.5 Å². The highest BCUT2D eigenvalue weighted by atomic mass is 35.5. The second-order valence-electron chi connectivity index (χ2n) is 5.11. The first-order valence-electron chi connectivity index (χ1n) is 6.76. The molecule has 0 bridgehead atoms. The normalized spacial score (nSPS) is 22.6. The number of carbonyl (C=O) groups excluding carboxylic acids is 1. The number of nitrogens with zero attached hydrogens (tertiary/aromatic N) is 1. The fraction of sp³-hybridized carbons (Fsp3) is 0.643. The number of furan rings is 1. The molecule has 1 aromatic rings. The summed E-state index contributed by atoms with van der Waals surface area (Å²) >= 11 is 0. The third-order valence-corrected chi connectivity index (χ3v) is 3.71. The molecule has 0 aromatic carbocycles. The molecule has 0 radical (unpaired) electrons. The molecular weight excluding hydrogens is 264 g/mol. The molecule has 2 rings (SSSR count). The molecule has 2 N–H and O–H groups in total. The summed E-state index contributed by atoms with van der Waals surface area (Å²) in [6.07, 6.45) is 7.28. The summed E-state index contributed by atoms with van der Waals surface area (Å²) in [5.41, 5.74) is 7.00. The van der Waals surface area contributed by atoms with Crippen LogP contribution in [-0.2, 0) is 11.3 Å². The van der Waals surface area contributed by atoms with Crippen LogP contribution >= 0.6 is 12.4 Å². The van der Waals surface area contributed by atoms with Gasteiger partial charge in [0.25, 0.3) is 0 Å². The fourth-order valence-electron chi connectivity index (χ4n) is 2.66. The zero-order valence-electron chi connectivity index (χ0n) is 11.4. The lowest BCUT2D eigenvalue weighted by Crippen LogP contribution is -2.40. The molecule has 1 aliphatic carbocycles. The Labute approximate surface area is 120 Å². The van der Waals surface area contributed by atoms with Crippen molar-refractivity contribution in [2.45, 2.75) is 45.2 Å². The van der Waals surface area contributed by atoms with Crippen LogP contribution < -0.4 is 5.73 Å². The number of halogens is 1. The van der Waals surface area contributed by atoms with Gasteiger partial charge in [-0.1, -0.05) is 6.42 Å². The molecule has 0 saturated heterocycles. The molecule has 2 atom stereocenters. The van der Waals surface area contributed by atoms with E-state index in [0.717, 1.165) is 37.8 Å². The van der Waals surface area contributed by atoms with Crippen molar-refractivity contribution in [3.8, 4) is 0 Å². The van der Waals surface area contributed by atoms with E-state index in [1.165, 1.54) is 0 Å². The maximum Gasteiger partial charge on any atom is 0.226 e. The summed E-state index contributed by atoms with van der Waals surface area (Å²) in [5, 5.41) is 0. The average molecular weight is 287 g/mol. The predicted octanol–water partition coefficient (Wildman–Crippen LogP) is 2.57. The Hall–Kier alpha value is -1.00. The number of nitrogens with two attached hydrogens (primary N) is 1. The van der Waals surface area contributed by atoms with Crippen molar-refractivity contribution < 1.29 is 9.21 Å². The van der Waals surface area contributed by atoms with Gasteiger partial charge in [-0.2, -0.15) is 0 Å². The van der Waals surface area contributed by atoms with E-state index < -0.39 is 0 Å². The molecule has 1 saturated carbocycles. The van der Waals surface area contributed by atoms with Gasteiger partial charge in [0.2, 0.25) is 5.91 Å². The van der Waals surface area contributed by atoms with E-state index >= 15 is 0 Å². The molecule has 1 amide bonds. The number of hydrogen-bond donors (Lipinski definition) is 1. The van der Waals surface area contributed by atoms with Crippen molar-refractivity contribution in [2.24, 2.45) is 11.7 Å². The Bertz CT molecular complexity index is 381. The summed E-state index contributed by atoms with van der Waals surface area (Å²) in [6, 6.07) is 2.10. The zero-order valence-corrected chi connectivity index (χ0v) is 12.2. The van der Waals surface area contributed by atoms with E-state index in [0.29, 0.717) is 6.54 Å². The molecule has 108 valence electrons. The first-order valence-corrected chi connectivity index (χ1v) is 6.76. The van der Waals surface area contributed by atoms with Crippen LogP contribution in [0.3, 0.4) is 0 Å². The Morgan fingerprint density at radius 1 is 1.53 bits per heavy atom. The Morgan fingerprint density at radius 2 is 2.32 bits per heavy atom. The standard InChI is InChI=1S/C14H22N2O2.ClH/c1-2-16(9-11-6-7-18-10-11)14(17)12-4-3-5-13(15)8-12;/h6-7,10,12-13H,2-5,8-9,15H2,1H3;1H. The maximum absolute atomic E-state index is 12.4. The highest BCUT2D eigenvalue weighted by Crippen LogP contribution is 2.25. The number of amides is 1. The van der Waals surface area contributed by atoms with E-state index in [2.05, 4.69) is 0 Å². The first-order chi connectivity index (χ1) is 8.70. The van der Waals surface area contributed by atoms with Gasteiger partial charge in [-0.3, -0.25) is 4.79 Å². The van der Waals surface area contributed by atoms with Crippen LogP contribution in [0, 0.1) is 5.92 Å². The predicted molar refractivity (Wildman–Crippen MR) is 77.0 cm³/mol. The van der Waals surface area contributed by atoms with Crippen molar-refractivity contribution in [1.82, 2.24) is 4.90 Å². The molecule has 0 spiro atoms. The third kappa shape index (κ3) is 4.25. The van der Waals surface area contributed by atoms with Gasteiger partial charge in [0.15, 0.2) is 0 Å². The highest BCUT2D eigenvalue weighted by Gasteiger charge is 2.28. The van der Waals surface area contributed by atoms with Gasteiger partial charge < -0.3 is 15.1 Å². The van der Waals surface area contributed by atoms with Crippen molar-refractivity contribution in [3.63, 3.8) is 0 Å². The SMILES string of the molecule is CCN(Cc1ccoc1)C(=O)C1CCCC(N)C1.Cl. The number of hydrogen-bond acceptors (Lipinski definition) is 3.